The predicted octanol–water partition coefficient (Wildman–Crippen LogP) is 2.71. The summed E-state index contributed by atoms with van der Waals surface area (Å²) < 4.78 is 0. The maximum Gasteiger partial charge on any atom is 0.337 e. The molecule has 0 bridgehead atoms. The molecule has 0 amide bonds. The van der Waals surface area contributed by atoms with Crippen LogP contribution in [-0.2, 0) is 6.42 Å². The molecular formula is C14H16N2O2S. The maximum atomic E-state index is 11.2. The maximum absolute atomic E-state index is 11.2. The molecular weight excluding hydrogens is 260 g/mol. The first-order valence-corrected chi connectivity index (χ1v) is 6.83. The highest BCUT2D eigenvalue weighted by Crippen LogP contribution is 2.27. The number of nitrogen functional groups attached to an aromatic ring is 1. The molecule has 0 saturated carbocycles. The lowest BCUT2D eigenvalue weighted by Crippen LogP contribution is -2.23. The molecule has 0 atom stereocenters. The van der Waals surface area contributed by atoms with E-state index in [0.29, 0.717) is 11.4 Å². The average molecular weight is 276 g/mol. The summed E-state index contributed by atoms with van der Waals surface area (Å²) in [5.74, 6) is -0.953. The van der Waals surface area contributed by atoms with Crippen molar-refractivity contribution in [2.75, 3.05) is 24.2 Å². The molecule has 5 heteroatoms. The summed E-state index contributed by atoms with van der Waals surface area (Å²) in [6, 6.07) is 9.05. The van der Waals surface area contributed by atoms with E-state index in [0.717, 1.165) is 13.0 Å². The molecule has 4 nitrogen and oxygen atoms in total. The Morgan fingerprint density at radius 3 is 2.79 bits per heavy atom. The third-order valence-electron chi connectivity index (χ3n) is 2.95. The fraction of sp³-hybridized carbons (Fsp3) is 0.214. The first-order valence-electron chi connectivity index (χ1n) is 5.95. The van der Waals surface area contributed by atoms with Crippen LogP contribution in [0.4, 0.5) is 11.4 Å². The van der Waals surface area contributed by atoms with Crippen molar-refractivity contribution in [2.24, 2.45) is 0 Å². The van der Waals surface area contributed by atoms with E-state index in [9.17, 15) is 9.90 Å². The van der Waals surface area contributed by atoms with Crippen molar-refractivity contribution in [3.63, 3.8) is 0 Å². The second-order valence-electron chi connectivity index (χ2n) is 4.30. The van der Waals surface area contributed by atoms with E-state index in [1.54, 1.807) is 29.5 Å². The van der Waals surface area contributed by atoms with E-state index in [1.165, 1.54) is 4.88 Å². The Morgan fingerprint density at radius 2 is 2.16 bits per heavy atom. The van der Waals surface area contributed by atoms with Gasteiger partial charge in [0.15, 0.2) is 0 Å². The highest BCUT2D eigenvalue weighted by atomic mass is 32.1. The summed E-state index contributed by atoms with van der Waals surface area (Å²) in [5, 5.41) is 11.2. The largest absolute Gasteiger partial charge is 0.478 e. The first-order chi connectivity index (χ1) is 9.09. The van der Waals surface area contributed by atoms with Crippen molar-refractivity contribution < 1.29 is 9.90 Å². The van der Waals surface area contributed by atoms with E-state index in [-0.39, 0.29) is 5.56 Å². The molecule has 0 spiro atoms. The minimum Gasteiger partial charge on any atom is -0.478 e. The van der Waals surface area contributed by atoms with Crippen LogP contribution in [0.15, 0.2) is 35.7 Å². The standard InChI is InChI=1S/C14H16N2O2S/c1-16(8-7-10-4-3-9-19-10)13-11(14(17)18)5-2-6-12(13)15/h2-6,9H,7-8,15H2,1H3,(H,17,18). The van der Waals surface area contributed by atoms with Crippen LogP contribution < -0.4 is 10.6 Å². The molecule has 0 aliphatic carbocycles. The molecule has 0 saturated heterocycles. The van der Waals surface area contributed by atoms with E-state index in [4.69, 9.17) is 5.73 Å². The molecule has 3 N–H and O–H groups in total. The van der Waals surface area contributed by atoms with Crippen LogP contribution in [0, 0.1) is 0 Å². The van der Waals surface area contributed by atoms with Crippen molar-refractivity contribution in [1.29, 1.82) is 0 Å². The van der Waals surface area contributed by atoms with Crippen molar-refractivity contribution in [2.45, 2.75) is 6.42 Å². The number of carboxylic acids is 1. The highest BCUT2D eigenvalue weighted by Gasteiger charge is 2.16. The van der Waals surface area contributed by atoms with Gasteiger partial charge in [-0.05, 0) is 30.0 Å². The van der Waals surface area contributed by atoms with Crippen LogP contribution >= 0.6 is 11.3 Å². The highest BCUT2D eigenvalue weighted by molar-refractivity contribution is 7.09. The number of carboxylic acid groups (broad SMARTS) is 1. The molecule has 0 radical (unpaired) electrons. The molecule has 1 aromatic carbocycles. The molecule has 0 aliphatic rings. The Morgan fingerprint density at radius 1 is 1.37 bits per heavy atom. The zero-order chi connectivity index (χ0) is 13.8. The van der Waals surface area contributed by atoms with E-state index in [1.807, 2.05) is 23.4 Å². The van der Waals surface area contributed by atoms with Gasteiger partial charge < -0.3 is 15.7 Å². The number of likely N-dealkylation sites (N-methyl/N-ethyl adjacent to an activating group) is 1. The van der Waals surface area contributed by atoms with Crippen LogP contribution in [0.25, 0.3) is 0 Å². The fourth-order valence-electron chi connectivity index (χ4n) is 2.00. The number of hydrogen-bond acceptors (Lipinski definition) is 4. The summed E-state index contributed by atoms with van der Waals surface area (Å²) in [6.07, 6.45) is 0.877. The van der Waals surface area contributed by atoms with Gasteiger partial charge in [-0.3, -0.25) is 0 Å². The van der Waals surface area contributed by atoms with Gasteiger partial charge in [-0.2, -0.15) is 0 Å². The quantitative estimate of drug-likeness (QED) is 0.824. The first kappa shape index (κ1) is 13.4. The van der Waals surface area contributed by atoms with E-state index in [2.05, 4.69) is 6.07 Å². The van der Waals surface area contributed by atoms with E-state index < -0.39 is 5.97 Å². The van der Waals surface area contributed by atoms with Gasteiger partial charge in [-0.1, -0.05) is 12.1 Å². The SMILES string of the molecule is CN(CCc1cccs1)c1c(N)cccc1C(=O)O. The minimum atomic E-state index is -0.953. The van der Waals surface area contributed by atoms with Gasteiger partial charge in [0.25, 0.3) is 0 Å². The monoisotopic (exact) mass is 276 g/mol. The number of anilines is 2. The van der Waals surface area contributed by atoms with Crippen LogP contribution in [0.5, 0.6) is 0 Å². The van der Waals surface area contributed by atoms with Gasteiger partial charge in [-0.15, -0.1) is 11.3 Å². The van der Waals surface area contributed by atoms with Crippen molar-refractivity contribution >= 4 is 28.7 Å². The smallest absolute Gasteiger partial charge is 0.337 e. The molecule has 2 rings (SSSR count). The van der Waals surface area contributed by atoms with Crippen molar-refractivity contribution in [3.8, 4) is 0 Å². The summed E-state index contributed by atoms with van der Waals surface area (Å²) in [7, 11) is 1.87. The Bertz CT molecular complexity index is 567. The third kappa shape index (κ3) is 3.06. The Hall–Kier alpha value is -2.01. The van der Waals surface area contributed by atoms with Gasteiger partial charge >= 0.3 is 5.97 Å². The molecule has 100 valence electrons. The summed E-state index contributed by atoms with van der Waals surface area (Å²) >= 11 is 1.70. The number of nitrogens with two attached hydrogens (primary N) is 1. The number of carbonyl (C=O) groups is 1. The van der Waals surface area contributed by atoms with Gasteiger partial charge in [0.1, 0.15) is 0 Å². The van der Waals surface area contributed by atoms with Gasteiger partial charge in [0.2, 0.25) is 0 Å². The zero-order valence-electron chi connectivity index (χ0n) is 10.7. The zero-order valence-corrected chi connectivity index (χ0v) is 11.5. The second kappa shape index (κ2) is 5.75. The molecule has 0 aliphatic heterocycles. The fourth-order valence-corrected chi connectivity index (χ4v) is 2.70. The number of rotatable bonds is 5. The lowest BCUT2D eigenvalue weighted by molar-refractivity contribution is 0.0697. The number of aromatic carboxylic acids is 1. The van der Waals surface area contributed by atoms with Crippen LogP contribution in [-0.4, -0.2) is 24.7 Å². The number of hydrogen-bond donors (Lipinski definition) is 2. The predicted molar refractivity (Wildman–Crippen MR) is 79.1 cm³/mol. The summed E-state index contributed by atoms with van der Waals surface area (Å²) in [4.78, 5) is 14.4. The van der Waals surface area contributed by atoms with Crippen molar-refractivity contribution in [3.05, 3.63) is 46.2 Å². The minimum absolute atomic E-state index is 0.244. The molecule has 1 aromatic heterocycles. The van der Waals surface area contributed by atoms with Gasteiger partial charge in [0, 0.05) is 18.5 Å². The van der Waals surface area contributed by atoms with E-state index >= 15 is 0 Å². The average Bonchev–Trinajstić information content (AvgIpc) is 2.88. The van der Waals surface area contributed by atoms with Crippen molar-refractivity contribution in [1.82, 2.24) is 0 Å². The molecule has 0 unspecified atom stereocenters. The lowest BCUT2D eigenvalue weighted by atomic mass is 10.1. The number of para-hydroxylation sites is 1. The number of nitrogens with zero attached hydrogens (tertiary/aromatic N) is 1. The number of benzene rings is 1. The number of thiophene rings is 1. The molecule has 2 aromatic rings. The second-order valence-corrected chi connectivity index (χ2v) is 5.33. The van der Waals surface area contributed by atoms with Crippen LogP contribution in [0.1, 0.15) is 15.2 Å². The molecule has 19 heavy (non-hydrogen) atoms. The Balaban J connectivity index is 2.18. The van der Waals surface area contributed by atoms with Crippen LogP contribution in [0.2, 0.25) is 0 Å². The van der Waals surface area contributed by atoms with Gasteiger partial charge in [-0.25, -0.2) is 4.79 Å². The summed E-state index contributed by atoms with van der Waals surface area (Å²) in [5.41, 5.74) is 7.23. The van der Waals surface area contributed by atoms with Crippen LogP contribution in [0.3, 0.4) is 0 Å². The normalized spacial score (nSPS) is 10.4. The Labute approximate surface area is 116 Å². The summed E-state index contributed by atoms with van der Waals surface area (Å²) in [6.45, 7) is 0.731. The van der Waals surface area contributed by atoms with Gasteiger partial charge in [0.05, 0.1) is 16.9 Å². The lowest BCUT2D eigenvalue weighted by Gasteiger charge is -2.22. The molecule has 1 heterocycles. The third-order valence-corrected chi connectivity index (χ3v) is 3.89. The molecule has 0 fully saturated rings. The topological polar surface area (TPSA) is 66.6 Å². The Kier molecular flexibility index (Phi) is 4.06.